The molecule has 1 rings (SSSR count). The van der Waals surface area contributed by atoms with E-state index in [1.165, 1.54) is 6.92 Å². The van der Waals surface area contributed by atoms with E-state index in [2.05, 4.69) is 5.32 Å². The van der Waals surface area contributed by atoms with E-state index in [4.69, 9.17) is 0 Å². The van der Waals surface area contributed by atoms with Gasteiger partial charge in [0.05, 0.1) is 17.4 Å². The van der Waals surface area contributed by atoms with E-state index in [9.17, 15) is 27.7 Å². The molecule has 1 aromatic rings. The van der Waals surface area contributed by atoms with Gasteiger partial charge in [0.25, 0.3) is 5.69 Å². The summed E-state index contributed by atoms with van der Waals surface area (Å²) in [4.78, 5) is 9.63. The molecule has 8 heteroatoms. The van der Waals surface area contributed by atoms with E-state index < -0.39 is 35.1 Å². The van der Waals surface area contributed by atoms with Crippen molar-refractivity contribution in [1.29, 1.82) is 0 Å². The summed E-state index contributed by atoms with van der Waals surface area (Å²) in [7, 11) is 0. The molecule has 0 heterocycles. The van der Waals surface area contributed by atoms with E-state index in [0.717, 1.165) is 12.1 Å². The maximum atomic E-state index is 13.0. The minimum absolute atomic E-state index is 0.0570. The molecule has 0 radical (unpaired) electrons. The van der Waals surface area contributed by atoms with Crippen LogP contribution in [-0.2, 0) is 0 Å². The fourth-order valence-corrected chi connectivity index (χ4v) is 1.45. The molecule has 0 aromatic heterocycles. The molecule has 0 bridgehead atoms. The summed E-state index contributed by atoms with van der Waals surface area (Å²) in [5.41, 5.74) is -0.574. The molecule has 0 aliphatic carbocycles. The molecule has 0 saturated carbocycles. The Morgan fingerprint density at radius 1 is 1.39 bits per heavy atom. The Kier molecular flexibility index (Phi) is 4.10. The number of hydrogen-bond donors (Lipinski definition) is 1. The molecular weight excluding hydrogens is 256 g/mol. The first-order chi connectivity index (χ1) is 8.17. The van der Waals surface area contributed by atoms with Crippen LogP contribution >= 0.6 is 0 Å². The van der Waals surface area contributed by atoms with Gasteiger partial charge in [0.2, 0.25) is 0 Å². The summed E-state index contributed by atoms with van der Waals surface area (Å²) in [6, 6.07) is 1.57. The zero-order chi connectivity index (χ0) is 13.9. The zero-order valence-electron chi connectivity index (χ0n) is 9.29. The molecule has 0 saturated heterocycles. The number of alkyl halides is 3. The Balaban J connectivity index is 2.81. The second-order valence-corrected chi connectivity index (χ2v) is 3.82. The van der Waals surface area contributed by atoms with Crippen LogP contribution in [0.15, 0.2) is 18.2 Å². The Morgan fingerprint density at radius 2 is 2.00 bits per heavy atom. The smallest absolute Gasteiger partial charge is 0.382 e. The topological polar surface area (TPSA) is 55.2 Å². The van der Waals surface area contributed by atoms with Crippen LogP contribution < -0.4 is 5.32 Å². The van der Waals surface area contributed by atoms with Crippen LogP contribution in [0.2, 0.25) is 0 Å². The predicted molar refractivity (Wildman–Crippen MR) is 56.8 cm³/mol. The van der Waals surface area contributed by atoms with Gasteiger partial charge in [0.15, 0.2) is 0 Å². The monoisotopic (exact) mass is 266 g/mol. The highest BCUT2D eigenvalue weighted by molar-refractivity contribution is 5.52. The Bertz CT molecular complexity index is 448. The third-order valence-corrected chi connectivity index (χ3v) is 2.04. The number of rotatable bonds is 4. The lowest BCUT2D eigenvalue weighted by Crippen LogP contribution is -2.23. The van der Waals surface area contributed by atoms with Crippen LogP contribution in [0.5, 0.6) is 0 Å². The number of hydrogen-bond acceptors (Lipinski definition) is 3. The lowest BCUT2D eigenvalue weighted by atomic mass is 10.2. The molecular formula is C10H10F4N2O2. The highest BCUT2D eigenvalue weighted by atomic mass is 19.4. The van der Waals surface area contributed by atoms with E-state index in [0.29, 0.717) is 6.07 Å². The van der Waals surface area contributed by atoms with Gasteiger partial charge in [-0.25, -0.2) is 4.39 Å². The van der Waals surface area contributed by atoms with Crippen LogP contribution in [0.25, 0.3) is 0 Å². The van der Waals surface area contributed by atoms with Gasteiger partial charge in [-0.15, -0.1) is 0 Å². The molecule has 1 unspecified atom stereocenters. The molecule has 0 amide bonds. The van der Waals surface area contributed by atoms with E-state index in [1.54, 1.807) is 0 Å². The maximum Gasteiger partial charge on any atom is 0.391 e. The van der Waals surface area contributed by atoms with Crippen molar-refractivity contribution in [3.8, 4) is 0 Å². The molecule has 0 spiro atoms. The quantitative estimate of drug-likeness (QED) is 0.515. The van der Waals surface area contributed by atoms with Crippen LogP contribution in [0.1, 0.15) is 13.3 Å². The Hall–Kier alpha value is -1.86. The van der Waals surface area contributed by atoms with Gasteiger partial charge >= 0.3 is 6.18 Å². The second kappa shape index (κ2) is 5.19. The summed E-state index contributed by atoms with van der Waals surface area (Å²) < 4.78 is 49.2. The third kappa shape index (κ3) is 4.56. The molecule has 18 heavy (non-hydrogen) atoms. The molecule has 1 atom stereocenters. The number of halogens is 4. The van der Waals surface area contributed by atoms with Gasteiger partial charge in [-0.2, -0.15) is 13.2 Å². The van der Waals surface area contributed by atoms with E-state index >= 15 is 0 Å². The number of nitro groups is 1. The first-order valence-corrected chi connectivity index (χ1v) is 4.95. The molecule has 100 valence electrons. The summed E-state index contributed by atoms with van der Waals surface area (Å²) in [5, 5.41) is 12.8. The highest BCUT2D eigenvalue weighted by Gasteiger charge is 2.30. The average Bonchev–Trinajstić information content (AvgIpc) is 2.12. The molecule has 0 fully saturated rings. The molecule has 1 aromatic carbocycles. The standard InChI is InChI=1S/C10H10F4N2O2/c1-6(5-10(12,13)14)15-8-2-7(11)3-9(4-8)16(17)18/h2-4,6,15H,5H2,1H3. The fourth-order valence-electron chi connectivity index (χ4n) is 1.45. The van der Waals surface area contributed by atoms with Crippen molar-refractivity contribution in [3.63, 3.8) is 0 Å². The van der Waals surface area contributed by atoms with Crippen LogP contribution in [0.3, 0.4) is 0 Å². The molecule has 4 nitrogen and oxygen atoms in total. The fraction of sp³-hybridized carbons (Fsp3) is 0.400. The minimum Gasteiger partial charge on any atom is -0.382 e. The average molecular weight is 266 g/mol. The normalized spacial score (nSPS) is 13.2. The van der Waals surface area contributed by atoms with Gasteiger partial charge < -0.3 is 5.32 Å². The number of non-ortho nitro benzene ring substituents is 1. The predicted octanol–water partition coefficient (Wildman–Crippen LogP) is 3.49. The minimum atomic E-state index is -4.36. The van der Waals surface area contributed by atoms with Gasteiger partial charge in [-0.1, -0.05) is 0 Å². The van der Waals surface area contributed by atoms with Crippen LogP contribution in [0.4, 0.5) is 28.9 Å². The number of nitro benzene ring substituents is 1. The maximum absolute atomic E-state index is 13.0. The summed E-state index contributed by atoms with van der Waals surface area (Å²) in [6.45, 7) is 1.25. The van der Waals surface area contributed by atoms with E-state index in [-0.39, 0.29) is 5.69 Å². The first kappa shape index (κ1) is 14.2. The number of benzene rings is 1. The largest absolute Gasteiger partial charge is 0.391 e. The lowest BCUT2D eigenvalue weighted by Gasteiger charge is -2.16. The molecule has 0 aliphatic rings. The van der Waals surface area contributed by atoms with Crippen LogP contribution in [0, 0.1) is 15.9 Å². The number of nitrogens with zero attached hydrogens (tertiary/aromatic N) is 1. The van der Waals surface area contributed by atoms with Gasteiger partial charge in [0.1, 0.15) is 5.82 Å². The second-order valence-electron chi connectivity index (χ2n) is 3.82. The van der Waals surface area contributed by atoms with Crippen molar-refractivity contribution >= 4 is 11.4 Å². The summed E-state index contributed by atoms with van der Waals surface area (Å²) in [6.07, 6.45) is -5.47. The van der Waals surface area contributed by atoms with Gasteiger partial charge in [0, 0.05) is 17.8 Å². The van der Waals surface area contributed by atoms with Crippen molar-refractivity contribution in [1.82, 2.24) is 0 Å². The first-order valence-electron chi connectivity index (χ1n) is 4.95. The summed E-state index contributed by atoms with van der Waals surface area (Å²) in [5.74, 6) is -0.883. The van der Waals surface area contributed by atoms with Crippen molar-refractivity contribution < 1.29 is 22.5 Å². The molecule has 1 N–H and O–H groups in total. The summed E-state index contributed by atoms with van der Waals surface area (Å²) >= 11 is 0. The van der Waals surface area contributed by atoms with Crippen LogP contribution in [-0.4, -0.2) is 17.1 Å². The third-order valence-electron chi connectivity index (χ3n) is 2.04. The number of anilines is 1. The van der Waals surface area contributed by atoms with Gasteiger partial charge in [-0.05, 0) is 13.0 Å². The van der Waals surface area contributed by atoms with Crippen molar-refractivity contribution in [3.05, 3.63) is 34.1 Å². The number of nitrogens with one attached hydrogen (secondary N) is 1. The Morgan fingerprint density at radius 3 is 2.50 bits per heavy atom. The van der Waals surface area contributed by atoms with Gasteiger partial charge in [-0.3, -0.25) is 10.1 Å². The van der Waals surface area contributed by atoms with Crippen molar-refractivity contribution in [2.45, 2.75) is 25.6 Å². The van der Waals surface area contributed by atoms with Crippen molar-refractivity contribution in [2.75, 3.05) is 5.32 Å². The van der Waals surface area contributed by atoms with E-state index in [1.807, 2.05) is 0 Å². The lowest BCUT2D eigenvalue weighted by molar-refractivity contribution is -0.385. The zero-order valence-corrected chi connectivity index (χ0v) is 9.29. The highest BCUT2D eigenvalue weighted by Crippen LogP contribution is 2.25. The molecule has 0 aliphatic heterocycles. The Labute approximate surface area is 99.8 Å². The van der Waals surface area contributed by atoms with Crippen molar-refractivity contribution in [2.24, 2.45) is 0 Å². The SMILES string of the molecule is CC(CC(F)(F)F)Nc1cc(F)cc([N+](=O)[O-])c1.